The quantitative estimate of drug-likeness (QED) is 0.672. The van der Waals surface area contributed by atoms with Crippen molar-refractivity contribution in [2.24, 2.45) is 0 Å². The molecule has 0 radical (unpaired) electrons. The van der Waals surface area contributed by atoms with Gasteiger partial charge in [-0.3, -0.25) is 0 Å². The lowest BCUT2D eigenvalue weighted by Crippen LogP contribution is -2.44. The van der Waals surface area contributed by atoms with E-state index >= 15 is 0 Å². The Bertz CT molecular complexity index is 849. The smallest absolute Gasteiger partial charge is 0.424 e. The molecule has 0 fully saturated rings. The number of rotatable bonds is 3. The Kier molecular flexibility index (Phi) is 7.27. The molecule has 1 aromatic carbocycles. The summed E-state index contributed by atoms with van der Waals surface area (Å²) in [5.74, 6) is -1.71. The van der Waals surface area contributed by atoms with Crippen LogP contribution in [0.1, 0.15) is 57.5 Å². The van der Waals surface area contributed by atoms with Crippen molar-refractivity contribution in [3.8, 4) is 11.8 Å². The van der Waals surface area contributed by atoms with Crippen molar-refractivity contribution in [2.75, 3.05) is 12.0 Å². The van der Waals surface area contributed by atoms with Gasteiger partial charge >= 0.3 is 18.2 Å². The molecule has 9 nitrogen and oxygen atoms in total. The average molecular weight is 471 g/mol. The molecule has 0 atom stereocenters. The number of hydrogen-bond donors (Lipinski definition) is 1. The van der Waals surface area contributed by atoms with Crippen LogP contribution in [0.2, 0.25) is 0 Å². The number of anilines is 1. The molecule has 1 rings (SSSR count). The molecule has 0 unspecified atom stereocenters. The highest BCUT2D eigenvalue weighted by Gasteiger charge is 2.38. The topological polar surface area (TPSA) is 126 Å². The van der Waals surface area contributed by atoms with Crippen molar-refractivity contribution in [1.29, 1.82) is 5.26 Å². The fourth-order valence-electron chi connectivity index (χ4n) is 2.15. The van der Waals surface area contributed by atoms with Crippen LogP contribution in [0.15, 0.2) is 10.5 Å². The predicted molar refractivity (Wildman–Crippen MR) is 107 cm³/mol. The van der Waals surface area contributed by atoms with E-state index in [1.54, 1.807) is 41.5 Å². The Morgan fingerprint density at radius 1 is 1.07 bits per heavy atom. The third-order valence-corrected chi connectivity index (χ3v) is 3.94. The van der Waals surface area contributed by atoms with E-state index < -0.39 is 40.6 Å². The molecule has 0 saturated carbocycles. The Balaban J connectivity index is 3.88. The van der Waals surface area contributed by atoms with Crippen LogP contribution in [0.5, 0.6) is 5.75 Å². The van der Waals surface area contributed by atoms with Gasteiger partial charge < -0.3 is 19.3 Å². The lowest BCUT2D eigenvalue weighted by atomic mass is 10.1. The number of carboxylic acid groups (broad SMARTS) is 1. The van der Waals surface area contributed by atoms with E-state index in [0.29, 0.717) is 4.90 Å². The van der Waals surface area contributed by atoms with Gasteiger partial charge in [0.15, 0.2) is 0 Å². The van der Waals surface area contributed by atoms with Crippen molar-refractivity contribution >= 4 is 39.8 Å². The summed E-state index contributed by atoms with van der Waals surface area (Å²) in [6.07, 6.45) is -2.35. The van der Waals surface area contributed by atoms with Crippen LogP contribution >= 0.6 is 15.9 Å². The number of aromatic carboxylic acids is 1. The lowest BCUT2D eigenvalue weighted by Gasteiger charge is -2.30. The molecule has 0 aromatic heterocycles. The zero-order valence-corrected chi connectivity index (χ0v) is 18.8. The van der Waals surface area contributed by atoms with E-state index in [1.165, 1.54) is 13.2 Å². The van der Waals surface area contributed by atoms with E-state index in [9.17, 15) is 24.8 Å². The standard InChI is InChI=1S/C19H23BrN2O7/c1-18(2,3)28-16(25)22(17(26)29-19(4,5)6)14-12(15(23)24)11(27-7)8-10(9-21)13(14)20/h8H,1-7H3,(H,23,24). The second-order valence-electron chi connectivity index (χ2n) is 7.88. The number of nitrogens with zero attached hydrogens (tertiary/aromatic N) is 2. The minimum atomic E-state index is -1.49. The molecule has 29 heavy (non-hydrogen) atoms. The zero-order valence-electron chi connectivity index (χ0n) is 17.2. The van der Waals surface area contributed by atoms with Gasteiger partial charge in [0.05, 0.1) is 22.8 Å². The van der Waals surface area contributed by atoms with Crippen LogP contribution < -0.4 is 9.64 Å². The molecule has 0 spiro atoms. The predicted octanol–water partition coefficient (Wildman–Crippen LogP) is 4.70. The molecule has 0 aliphatic heterocycles. The molecule has 0 saturated heterocycles. The van der Waals surface area contributed by atoms with E-state index in [4.69, 9.17) is 14.2 Å². The number of carboxylic acids is 1. The van der Waals surface area contributed by atoms with Gasteiger partial charge in [0.2, 0.25) is 0 Å². The maximum atomic E-state index is 12.9. The van der Waals surface area contributed by atoms with Gasteiger partial charge in [-0.1, -0.05) is 0 Å². The minimum Gasteiger partial charge on any atom is -0.496 e. The first-order valence-corrected chi connectivity index (χ1v) is 9.22. The summed E-state index contributed by atoms with van der Waals surface area (Å²) >= 11 is 3.12. The summed E-state index contributed by atoms with van der Waals surface area (Å²) in [5, 5.41) is 19.1. The number of carbonyl (C=O) groups excluding carboxylic acids is 2. The van der Waals surface area contributed by atoms with E-state index in [-0.39, 0.29) is 15.8 Å². The molecule has 0 heterocycles. The largest absolute Gasteiger partial charge is 0.496 e. The van der Waals surface area contributed by atoms with Gasteiger partial charge in [0.25, 0.3) is 0 Å². The molecule has 0 aliphatic rings. The van der Waals surface area contributed by atoms with Gasteiger partial charge in [0.1, 0.15) is 28.6 Å². The van der Waals surface area contributed by atoms with Gasteiger partial charge in [-0.15, -0.1) is 0 Å². The van der Waals surface area contributed by atoms with Crippen molar-refractivity contribution in [3.63, 3.8) is 0 Å². The number of halogens is 1. The summed E-state index contributed by atoms with van der Waals surface area (Å²) in [7, 11) is 1.20. The molecule has 158 valence electrons. The highest BCUT2D eigenvalue weighted by atomic mass is 79.9. The Hall–Kier alpha value is -2.80. The summed E-state index contributed by atoms with van der Waals surface area (Å²) in [6, 6.07) is 3.03. The lowest BCUT2D eigenvalue weighted by molar-refractivity contribution is 0.0430. The summed E-state index contributed by atoms with van der Waals surface area (Å²) < 4.78 is 15.5. The fourth-order valence-corrected chi connectivity index (χ4v) is 2.73. The second-order valence-corrected chi connectivity index (χ2v) is 8.67. The number of nitriles is 1. The Morgan fingerprint density at radius 2 is 1.52 bits per heavy atom. The number of ether oxygens (including phenoxy) is 3. The fraction of sp³-hybridized carbons (Fsp3) is 0.474. The normalized spacial score (nSPS) is 11.3. The van der Waals surface area contributed by atoms with Crippen LogP contribution in [0.25, 0.3) is 0 Å². The second kappa shape index (κ2) is 8.69. The van der Waals surface area contributed by atoms with Crippen LogP contribution in [0.3, 0.4) is 0 Å². The molecule has 1 N–H and O–H groups in total. The average Bonchev–Trinajstić information content (AvgIpc) is 2.52. The van der Waals surface area contributed by atoms with Crippen LogP contribution in [0, 0.1) is 11.3 Å². The third kappa shape index (κ3) is 6.09. The van der Waals surface area contributed by atoms with Crippen molar-refractivity contribution < 1.29 is 33.7 Å². The monoisotopic (exact) mass is 470 g/mol. The Labute approximate surface area is 177 Å². The first kappa shape index (κ1) is 24.2. The minimum absolute atomic E-state index is 0.0565. The van der Waals surface area contributed by atoms with Crippen LogP contribution in [0.4, 0.5) is 15.3 Å². The summed E-state index contributed by atoms with van der Waals surface area (Å²) in [5.41, 5.74) is -3.00. The van der Waals surface area contributed by atoms with Gasteiger partial charge in [-0.2, -0.15) is 10.2 Å². The van der Waals surface area contributed by atoms with Crippen molar-refractivity contribution in [3.05, 3.63) is 21.7 Å². The molecule has 1 aromatic rings. The molecule has 2 amide bonds. The number of amides is 2. The number of imide groups is 1. The van der Waals surface area contributed by atoms with Crippen LogP contribution in [-0.2, 0) is 9.47 Å². The molecule has 0 bridgehead atoms. The maximum absolute atomic E-state index is 12.9. The van der Waals surface area contributed by atoms with Gasteiger partial charge in [0, 0.05) is 6.07 Å². The number of benzene rings is 1. The first-order valence-electron chi connectivity index (χ1n) is 8.43. The molecular formula is C19H23BrN2O7. The Morgan fingerprint density at radius 3 is 1.83 bits per heavy atom. The van der Waals surface area contributed by atoms with Gasteiger partial charge in [-0.25, -0.2) is 14.4 Å². The van der Waals surface area contributed by atoms with E-state index in [2.05, 4.69) is 15.9 Å². The van der Waals surface area contributed by atoms with Crippen molar-refractivity contribution in [2.45, 2.75) is 52.7 Å². The third-order valence-electron chi connectivity index (χ3n) is 3.13. The number of carbonyl (C=O) groups is 3. The van der Waals surface area contributed by atoms with E-state index in [1.807, 2.05) is 6.07 Å². The number of methoxy groups -OCH3 is 1. The molecule has 0 aliphatic carbocycles. The van der Waals surface area contributed by atoms with E-state index in [0.717, 1.165) is 0 Å². The summed E-state index contributed by atoms with van der Waals surface area (Å²) in [6.45, 7) is 9.49. The molecule has 10 heteroatoms. The van der Waals surface area contributed by atoms with Crippen LogP contribution in [-0.4, -0.2) is 41.6 Å². The molecular weight excluding hydrogens is 448 g/mol. The maximum Gasteiger partial charge on any atom is 0.424 e. The SMILES string of the molecule is COc1cc(C#N)c(Br)c(N(C(=O)OC(C)(C)C)C(=O)OC(C)(C)C)c1C(=O)O. The first-order chi connectivity index (χ1) is 13.1. The zero-order chi connectivity index (χ0) is 22.7. The highest BCUT2D eigenvalue weighted by molar-refractivity contribution is 9.10. The highest BCUT2D eigenvalue weighted by Crippen LogP contribution is 2.40. The van der Waals surface area contributed by atoms with Crippen molar-refractivity contribution in [1.82, 2.24) is 0 Å². The van der Waals surface area contributed by atoms with Gasteiger partial charge in [-0.05, 0) is 57.5 Å². The number of hydrogen-bond acceptors (Lipinski definition) is 7. The summed E-state index contributed by atoms with van der Waals surface area (Å²) in [4.78, 5) is 38.2.